The van der Waals surface area contributed by atoms with E-state index in [1.54, 1.807) is 0 Å². The maximum atomic E-state index is 0. The number of rotatable bonds is 0. The normalized spacial score (nSPS) is 0. The summed E-state index contributed by atoms with van der Waals surface area (Å²) in [4.78, 5) is 0. The molecule has 3 radical (unpaired) electrons. The van der Waals surface area contributed by atoms with Crippen LogP contribution in [0.2, 0.25) is 0 Å². The van der Waals surface area contributed by atoms with E-state index in [0.717, 1.165) is 0 Å². The summed E-state index contributed by atoms with van der Waals surface area (Å²) in [5, 5.41) is 0. The van der Waals surface area contributed by atoms with E-state index in [1.807, 2.05) is 0 Å². The van der Waals surface area contributed by atoms with Crippen LogP contribution in [0.25, 0.3) is 0 Å². The van der Waals surface area contributed by atoms with Crippen molar-refractivity contribution in [3.63, 3.8) is 0 Å². The van der Waals surface area contributed by atoms with Crippen molar-refractivity contribution in [2.24, 2.45) is 0 Å². The molecule has 0 aliphatic carbocycles. The first-order valence-corrected chi connectivity index (χ1v) is 0. The smallest absolute Gasteiger partial charge is 0.187 e. The molecular formula is H12Al2Cu3O3. The molecule has 0 saturated carbocycles. The Balaban J connectivity index is 0. The van der Waals surface area contributed by atoms with E-state index < -0.39 is 0 Å². The zero-order valence-corrected chi connectivity index (χ0v) is 5.23. The summed E-state index contributed by atoms with van der Waals surface area (Å²) in [6.45, 7) is 0. The van der Waals surface area contributed by atoms with Gasteiger partial charge in [0.25, 0.3) is 0 Å². The number of hydrogen-bond acceptors (Lipinski definition) is 0. The Bertz CT molecular complexity index is 12.5. The van der Waals surface area contributed by atoms with Gasteiger partial charge in [-0.1, -0.05) is 0 Å². The molecule has 0 bridgehead atoms. The third kappa shape index (κ3) is 76.4. The van der Waals surface area contributed by atoms with Gasteiger partial charge in [-0.3, -0.25) is 0 Å². The predicted molar refractivity (Wildman–Crippen MR) is 30.7 cm³/mol. The van der Waals surface area contributed by atoms with E-state index >= 15 is 0 Å². The zero-order chi connectivity index (χ0) is 0. The van der Waals surface area contributed by atoms with Gasteiger partial charge in [0.2, 0.25) is 0 Å². The van der Waals surface area contributed by atoms with Crippen LogP contribution in [0.1, 0.15) is 0 Å². The molecule has 0 heterocycles. The van der Waals surface area contributed by atoms with Crippen molar-refractivity contribution in [2.75, 3.05) is 0 Å². The Morgan fingerprint density at radius 1 is 0.375 bits per heavy atom. The molecule has 3 nitrogen and oxygen atoms in total. The Hall–Kier alpha value is 2.50. The van der Waals surface area contributed by atoms with Gasteiger partial charge in [-0.25, -0.2) is 0 Å². The molecule has 0 aliphatic rings. The van der Waals surface area contributed by atoms with Gasteiger partial charge >= 0.3 is 0 Å². The van der Waals surface area contributed by atoms with E-state index in [9.17, 15) is 0 Å². The standard InChI is InChI=1S/2Al.3Cu.3H2O.6H/h;;;;;3*1H2;;;;;;. The molecule has 0 aromatic carbocycles. The molecule has 0 spiro atoms. The van der Waals surface area contributed by atoms with Crippen molar-refractivity contribution in [1.82, 2.24) is 0 Å². The van der Waals surface area contributed by atoms with E-state index in [4.69, 9.17) is 0 Å². The van der Waals surface area contributed by atoms with Crippen molar-refractivity contribution >= 4 is 34.7 Å². The van der Waals surface area contributed by atoms with Gasteiger partial charge in [-0.05, 0) is 0 Å². The molecule has 0 rings (SSSR count). The first-order chi connectivity index (χ1) is 0. The Morgan fingerprint density at radius 3 is 0.375 bits per heavy atom. The molecule has 8 heteroatoms. The summed E-state index contributed by atoms with van der Waals surface area (Å²) in [6, 6.07) is 0. The minimum atomic E-state index is 0. The maximum absolute atomic E-state index is 0. The summed E-state index contributed by atoms with van der Waals surface area (Å²) in [7, 11) is 0. The second-order valence-corrected chi connectivity index (χ2v) is 0. The van der Waals surface area contributed by atoms with Gasteiger partial charge in [0.05, 0.1) is 0 Å². The molecule has 0 aromatic rings. The molecule has 0 unspecified atom stereocenters. The van der Waals surface area contributed by atoms with Gasteiger partial charge in [0.15, 0.2) is 34.7 Å². The van der Waals surface area contributed by atoms with E-state index in [2.05, 4.69) is 0 Å². The second-order valence-electron chi connectivity index (χ2n) is 0. The van der Waals surface area contributed by atoms with Crippen LogP contribution in [-0.4, -0.2) is 51.2 Å². The quantitative estimate of drug-likeness (QED) is 0.401. The monoisotopic (exact) mass is 303 g/mol. The van der Waals surface area contributed by atoms with Crippen molar-refractivity contribution in [2.45, 2.75) is 0 Å². The summed E-state index contributed by atoms with van der Waals surface area (Å²) in [5.74, 6) is 0. The Labute approximate surface area is 101 Å². The van der Waals surface area contributed by atoms with Crippen LogP contribution in [-0.2, 0) is 51.2 Å². The van der Waals surface area contributed by atoms with Crippen LogP contribution in [0.3, 0.4) is 0 Å². The molecular weight excluding hydrogens is 293 g/mol. The predicted octanol–water partition coefficient (Wildman–Crippen LogP) is -4.85. The van der Waals surface area contributed by atoms with Gasteiger partial charge in [0.1, 0.15) is 0 Å². The first kappa shape index (κ1) is 151. The minimum absolute atomic E-state index is 0. The molecule has 0 aromatic heterocycles. The fourth-order valence-electron chi connectivity index (χ4n) is 0. The van der Waals surface area contributed by atoms with Gasteiger partial charge in [0, 0.05) is 51.2 Å². The fourth-order valence-corrected chi connectivity index (χ4v) is 0. The summed E-state index contributed by atoms with van der Waals surface area (Å²) in [5.41, 5.74) is 0. The molecule has 0 fully saturated rings. The van der Waals surface area contributed by atoms with Gasteiger partial charge in [-0.2, -0.15) is 0 Å². The summed E-state index contributed by atoms with van der Waals surface area (Å²) < 4.78 is 0. The average molecular weight is 305 g/mol. The van der Waals surface area contributed by atoms with Gasteiger partial charge in [-0.15, -0.1) is 0 Å². The molecule has 0 amide bonds. The van der Waals surface area contributed by atoms with Gasteiger partial charge < -0.3 is 16.4 Å². The third-order valence-corrected chi connectivity index (χ3v) is 0. The van der Waals surface area contributed by atoms with Crippen LogP contribution in [0, 0.1) is 0 Å². The van der Waals surface area contributed by atoms with Crippen LogP contribution in [0.15, 0.2) is 0 Å². The van der Waals surface area contributed by atoms with Crippen LogP contribution < -0.4 is 0 Å². The van der Waals surface area contributed by atoms with E-state index in [1.165, 1.54) is 0 Å². The topological polar surface area (TPSA) is 94.5 Å². The average Bonchev–Trinajstić information content (AvgIpc) is 0. The molecule has 69 valence electrons. The maximum Gasteiger partial charge on any atom is 0.187 e. The van der Waals surface area contributed by atoms with Crippen molar-refractivity contribution in [1.29, 1.82) is 0 Å². The zero-order valence-electron chi connectivity index (χ0n) is 2.40. The molecule has 0 saturated heterocycles. The van der Waals surface area contributed by atoms with Crippen LogP contribution in [0.5, 0.6) is 0 Å². The first-order valence-electron chi connectivity index (χ1n) is 0. The summed E-state index contributed by atoms with van der Waals surface area (Å²) >= 11 is 0. The SMILES string of the molecule is O.O.O.[AlH3].[AlH3].[Cu].[Cu].[Cu]. The van der Waals surface area contributed by atoms with Crippen LogP contribution in [0.4, 0.5) is 0 Å². The van der Waals surface area contributed by atoms with E-state index in [-0.39, 0.29) is 102 Å². The molecule has 0 atom stereocenters. The molecule has 0 aliphatic heterocycles. The second kappa shape index (κ2) is 110. The Kier molecular flexibility index (Phi) is 2070. The van der Waals surface area contributed by atoms with Crippen molar-refractivity contribution < 1.29 is 67.6 Å². The number of hydrogen-bond donors (Lipinski definition) is 0. The van der Waals surface area contributed by atoms with E-state index in [0.29, 0.717) is 0 Å². The third-order valence-electron chi connectivity index (χ3n) is 0. The van der Waals surface area contributed by atoms with Crippen LogP contribution >= 0.6 is 0 Å². The largest absolute Gasteiger partial charge is 0.412 e. The van der Waals surface area contributed by atoms with Crippen molar-refractivity contribution in [3.05, 3.63) is 0 Å². The minimum Gasteiger partial charge on any atom is -0.412 e. The van der Waals surface area contributed by atoms with Crippen molar-refractivity contribution in [3.8, 4) is 0 Å². The molecule has 8 heavy (non-hydrogen) atoms. The fraction of sp³-hybridized carbons (Fsp3) is 0. The summed E-state index contributed by atoms with van der Waals surface area (Å²) in [6.07, 6.45) is 0. The molecule has 6 N–H and O–H groups in total. The Morgan fingerprint density at radius 2 is 0.375 bits per heavy atom.